The predicted octanol–water partition coefficient (Wildman–Crippen LogP) is 2.12. The minimum Gasteiger partial charge on any atom is -0.342 e. The first-order valence-corrected chi connectivity index (χ1v) is 7.02. The van der Waals surface area contributed by atoms with E-state index in [1.807, 2.05) is 0 Å². The smallest absolute Gasteiger partial charge is 0.225 e. The molecule has 0 aromatic rings. The number of piperidine rings is 1. The molecule has 1 amide bonds. The van der Waals surface area contributed by atoms with Crippen LogP contribution >= 0.6 is 0 Å². The molecule has 2 rings (SSSR count). The van der Waals surface area contributed by atoms with Crippen molar-refractivity contribution in [2.45, 2.75) is 52.0 Å². The van der Waals surface area contributed by atoms with Gasteiger partial charge in [-0.25, -0.2) is 0 Å². The summed E-state index contributed by atoms with van der Waals surface area (Å²) in [4.78, 5) is 16.8. The van der Waals surface area contributed by atoms with Crippen molar-refractivity contribution in [3.8, 4) is 0 Å². The van der Waals surface area contributed by atoms with Gasteiger partial charge in [0.05, 0.1) is 0 Å². The maximum Gasteiger partial charge on any atom is 0.225 e. The van der Waals surface area contributed by atoms with Crippen molar-refractivity contribution in [1.82, 2.24) is 9.80 Å². The number of rotatable bonds is 1. The van der Waals surface area contributed by atoms with Gasteiger partial charge in [-0.15, -0.1) is 0 Å². The Morgan fingerprint density at radius 2 is 1.53 bits per heavy atom. The fraction of sp³-hybridized carbons (Fsp3) is 0.929. The summed E-state index contributed by atoms with van der Waals surface area (Å²) in [6.45, 7) is 10.9. The molecule has 2 saturated heterocycles. The molecule has 2 heterocycles. The Balaban J connectivity index is 1.84. The summed E-state index contributed by atoms with van der Waals surface area (Å²) in [6, 6.07) is 0. The Hall–Kier alpha value is -0.570. The topological polar surface area (TPSA) is 23.6 Å². The standard InChI is InChI=1S/C14H26N2O/c1-14(2,3)16-10-6-12(7-11-16)13(17)15-8-4-5-9-15/h12H,4-11H2,1-3H3. The van der Waals surface area contributed by atoms with Gasteiger partial charge in [-0.3, -0.25) is 9.69 Å². The van der Waals surface area contributed by atoms with Gasteiger partial charge in [0, 0.05) is 24.5 Å². The zero-order valence-electron chi connectivity index (χ0n) is 11.5. The molecule has 0 atom stereocenters. The van der Waals surface area contributed by atoms with Crippen LogP contribution in [-0.4, -0.2) is 47.4 Å². The van der Waals surface area contributed by atoms with Gasteiger partial charge in [-0.2, -0.15) is 0 Å². The molecule has 0 unspecified atom stereocenters. The van der Waals surface area contributed by atoms with Crippen molar-refractivity contribution in [1.29, 1.82) is 0 Å². The van der Waals surface area contributed by atoms with E-state index in [0.29, 0.717) is 11.8 Å². The van der Waals surface area contributed by atoms with Gasteiger partial charge in [0.2, 0.25) is 5.91 Å². The van der Waals surface area contributed by atoms with Gasteiger partial charge in [-0.1, -0.05) is 0 Å². The first kappa shape index (κ1) is 12.9. The number of amides is 1. The molecule has 98 valence electrons. The van der Waals surface area contributed by atoms with Gasteiger partial charge in [0.15, 0.2) is 0 Å². The number of nitrogens with zero attached hydrogens (tertiary/aromatic N) is 2. The highest BCUT2D eigenvalue weighted by molar-refractivity contribution is 5.79. The molecule has 0 aromatic heterocycles. The van der Waals surface area contributed by atoms with E-state index in [0.717, 1.165) is 39.0 Å². The van der Waals surface area contributed by atoms with E-state index in [1.54, 1.807) is 0 Å². The Morgan fingerprint density at radius 1 is 1.00 bits per heavy atom. The van der Waals surface area contributed by atoms with Gasteiger partial charge in [0.1, 0.15) is 0 Å². The molecule has 17 heavy (non-hydrogen) atoms. The summed E-state index contributed by atoms with van der Waals surface area (Å²) in [6.07, 6.45) is 4.50. The van der Waals surface area contributed by atoms with E-state index in [1.165, 1.54) is 12.8 Å². The molecule has 2 aliphatic rings. The first-order chi connectivity index (χ1) is 7.98. The van der Waals surface area contributed by atoms with Crippen molar-refractivity contribution in [2.75, 3.05) is 26.2 Å². The first-order valence-electron chi connectivity index (χ1n) is 7.02. The predicted molar refractivity (Wildman–Crippen MR) is 69.9 cm³/mol. The van der Waals surface area contributed by atoms with Gasteiger partial charge in [-0.05, 0) is 59.5 Å². The second kappa shape index (κ2) is 4.97. The fourth-order valence-corrected chi connectivity index (χ4v) is 2.99. The van der Waals surface area contributed by atoms with E-state index in [9.17, 15) is 4.79 Å². The number of likely N-dealkylation sites (tertiary alicyclic amines) is 2. The van der Waals surface area contributed by atoms with Crippen LogP contribution in [0.25, 0.3) is 0 Å². The molecule has 0 radical (unpaired) electrons. The summed E-state index contributed by atoms with van der Waals surface area (Å²) < 4.78 is 0. The second-order valence-corrected chi connectivity index (χ2v) is 6.46. The molecular weight excluding hydrogens is 212 g/mol. The maximum atomic E-state index is 12.3. The molecule has 3 nitrogen and oxygen atoms in total. The average Bonchev–Trinajstić information content (AvgIpc) is 2.80. The van der Waals surface area contributed by atoms with E-state index in [4.69, 9.17) is 0 Å². The van der Waals surface area contributed by atoms with Crippen molar-refractivity contribution in [2.24, 2.45) is 5.92 Å². The highest BCUT2D eigenvalue weighted by Gasteiger charge is 2.32. The number of hydrogen-bond donors (Lipinski definition) is 0. The van der Waals surface area contributed by atoms with Crippen LogP contribution in [-0.2, 0) is 4.79 Å². The largest absolute Gasteiger partial charge is 0.342 e. The Bertz CT molecular complexity index is 268. The number of hydrogen-bond acceptors (Lipinski definition) is 2. The Kier molecular flexibility index (Phi) is 3.76. The third-order valence-corrected chi connectivity index (χ3v) is 4.21. The zero-order chi connectivity index (χ0) is 12.5. The molecule has 0 saturated carbocycles. The van der Waals surface area contributed by atoms with Crippen molar-refractivity contribution >= 4 is 5.91 Å². The Morgan fingerprint density at radius 3 is 2.00 bits per heavy atom. The van der Waals surface area contributed by atoms with Crippen LogP contribution in [0.15, 0.2) is 0 Å². The lowest BCUT2D eigenvalue weighted by Gasteiger charge is -2.41. The fourth-order valence-electron chi connectivity index (χ4n) is 2.99. The summed E-state index contributed by atoms with van der Waals surface area (Å²) in [5.74, 6) is 0.725. The SMILES string of the molecule is CC(C)(C)N1CCC(C(=O)N2CCCC2)CC1. The lowest BCUT2D eigenvalue weighted by atomic mass is 9.92. The van der Waals surface area contributed by atoms with Gasteiger partial charge >= 0.3 is 0 Å². The second-order valence-electron chi connectivity index (χ2n) is 6.46. The summed E-state index contributed by atoms with van der Waals surface area (Å²) in [5.41, 5.74) is 0.252. The Labute approximate surface area is 105 Å². The van der Waals surface area contributed by atoms with Gasteiger partial charge in [0.25, 0.3) is 0 Å². The normalized spacial score (nSPS) is 24.3. The van der Waals surface area contributed by atoms with Crippen LogP contribution in [0.2, 0.25) is 0 Å². The lowest BCUT2D eigenvalue weighted by Crippen LogP contribution is -2.48. The van der Waals surface area contributed by atoms with E-state index >= 15 is 0 Å². The van der Waals surface area contributed by atoms with Crippen molar-refractivity contribution in [3.63, 3.8) is 0 Å². The third kappa shape index (κ3) is 3.01. The van der Waals surface area contributed by atoms with Crippen LogP contribution in [0.5, 0.6) is 0 Å². The zero-order valence-corrected chi connectivity index (χ0v) is 11.5. The number of carbonyl (C=O) groups is 1. The minimum atomic E-state index is 0.252. The van der Waals surface area contributed by atoms with E-state index in [2.05, 4.69) is 30.6 Å². The molecule has 0 aliphatic carbocycles. The highest BCUT2D eigenvalue weighted by atomic mass is 16.2. The molecule has 2 fully saturated rings. The van der Waals surface area contributed by atoms with Crippen molar-refractivity contribution in [3.05, 3.63) is 0 Å². The minimum absolute atomic E-state index is 0.252. The summed E-state index contributed by atoms with van der Waals surface area (Å²) in [5, 5.41) is 0. The van der Waals surface area contributed by atoms with Gasteiger partial charge < -0.3 is 4.90 Å². The van der Waals surface area contributed by atoms with Crippen molar-refractivity contribution < 1.29 is 4.79 Å². The molecule has 0 N–H and O–H groups in total. The van der Waals surface area contributed by atoms with Crippen LogP contribution in [0.3, 0.4) is 0 Å². The van der Waals surface area contributed by atoms with Crippen LogP contribution in [0, 0.1) is 5.92 Å². The van der Waals surface area contributed by atoms with E-state index in [-0.39, 0.29) is 5.54 Å². The average molecular weight is 238 g/mol. The lowest BCUT2D eigenvalue weighted by molar-refractivity contribution is -0.136. The quantitative estimate of drug-likeness (QED) is 0.698. The molecule has 0 aromatic carbocycles. The summed E-state index contributed by atoms with van der Waals surface area (Å²) in [7, 11) is 0. The highest BCUT2D eigenvalue weighted by Crippen LogP contribution is 2.26. The summed E-state index contributed by atoms with van der Waals surface area (Å²) >= 11 is 0. The maximum absolute atomic E-state index is 12.3. The monoisotopic (exact) mass is 238 g/mol. The number of carbonyl (C=O) groups excluding carboxylic acids is 1. The molecule has 2 aliphatic heterocycles. The molecule has 0 spiro atoms. The molecule has 0 bridgehead atoms. The molecule has 3 heteroatoms. The van der Waals surface area contributed by atoms with Crippen LogP contribution in [0.1, 0.15) is 46.5 Å². The third-order valence-electron chi connectivity index (χ3n) is 4.21. The van der Waals surface area contributed by atoms with Crippen LogP contribution in [0.4, 0.5) is 0 Å². The van der Waals surface area contributed by atoms with Crippen LogP contribution < -0.4 is 0 Å². The molecular formula is C14H26N2O. The van der Waals surface area contributed by atoms with E-state index < -0.39 is 0 Å².